The van der Waals surface area contributed by atoms with Gasteiger partial charge in [-0.2, -0.15) is 0 Å². The Balaban J connectivity index is 2.38. The average Bonchev–Trinajstić information content (AvgIpc) is 2.33. The second-order valence-corrected chi connectivity index (χ2v) is 3.86. The molecular weight excluding hydrogens is 200 g/mol. The molecule has 0 unspecified atom stereocenters. The van der Waals surface area contributed by atoms with E-state index in [0.29, 0.717) is 5.75 Å². The number of aromatic hydroxyl groups is 1. The summed E-state index contributed by atoms with van der Waals surface area (Å²) in [6.07, 6.45) is 0. The third kappa shape index (κ3) is 2.07. The summed E-state index contributed by atoms with van der Waals surface area (Å²) in [6, 6.07) is 13.3. The highest BCUT2D eigenvalue weighted by Crippen LogP contribution is 2.26. The second kappa shape index (κ2) is 4.37. The molecule has 16 heavy (non-hydrogen) atoms. The van der Waals surface area contributed by atoms with Crippen LogP contribution >= 0.6 is 0 Å². The van der Waals surface area contributed by atoms with Crippen LogP contribution in [0.5, 0.6) is 5.75 Å². The quantitative estimate of drug-likeness (QED) is 0.807. The molecule has 0 radical (unpaired) electrons. The number of aliphatic hydroxyl groups is 1. The van der Waals surface area contributed by atoms with Gasteiger partial charge < -0.3 is 10.2 Å². The Morgan fingerprint density at radius 2 is 1.56 bits per heavy atom. The van der Waals surface area contributed by atoms with Crippen molar-refractivity contribution < 1.29 is 10.2 Å². The summed E-state index contributed by atoms with van der Waals surface area (Å²) >= 11 is 0. The summed E-state index contributed by atoms with van der Waals surface area (Å²) in [6.45, 7) is 1.92. The summed E-state index contributed by atoms with van der Waals surface area (Å²) in [4.78, 5) is 0. The smallest absolute Gasteiger partial charge is 0.119 e. The molecule has 82 valence electrons. The van der Waals surface area contributed by atoms with Crippen molar-refractivity contribution in [1.29, 1.82) is 0 Å². The van der Waals surface area contributed by atoms with E-state index in [1.165, 1.54) is 0 Å². The molecule has 0 spiro atoms. The highest BCUT2D eigenvalue weighted by molar-refractivity contribution is 5.66. The normalized spacial score (nSPS) is 10.4. The first kappa shape index (κ1) is 10.7. The van der Waals surface area contributed by atoms with Gasteiger partial charge in [-0.3, -0.25) is 0 Å². The van der Waals surface area contributed by atoms with Gasteiger partial charge in [-0.15, -0.1) is 0 Å². The molecule has 0 aliphatic heterocycles. The maximum Gasteiger partial charge on any atom is 0.119 e. The monoisotopic (exact) mass is 214 g/mol. The van der Waals surface area contributed by atoms with Crippen LogP contribution in [-0.2, 0) is 6.61 Å². The first-order valence-electron chi connectivity index (χ1n) is 5.20. The molecule has 2 rings (SSSR count). The van der Waals surface area contributed by atoms with E-state index in [9.17, 15) is 5.11 Å². The number of phenols is 1. The largest absolute Gasteiger partial charge is 0.508 e. The third-order valence-electron chi connectivity index (χ3n) is 2.68. The SMILES string of the molecule is Cc1ccc(-c2ccc(CO)cc2)cc1O. The molecule has 0 amide bonds. The van der Waals surface area contributed by atoms with E-state index < -0.39 is 0 Å². The topological polar surface area (TPSA) is 40.5 Å². The number of hydrogen-bond donors (Lipinski definition) is 2. The molecule has 0 fully saturated rings. The van der Waals surface area contributed by atoms with Crippen molar-refractivity contribution in [2.45, 2.75) is 13.5 Å². The van der Waals surface area contributed by atoms with Gasteiger partial charge >= 0.3 is 0 Å². The number of benzene rings is 2. The predicted molar refractivity (Wildman–Crippen MR) is 64.2 cm³/mol. The molecule has 0 aromatic heterocycles. The van der Waals surface area contributed by atoms with E-state index in [2.05, 4.69) is 0 Å². The first-order chi connectivity index (χ1) is 7.70. The fraction of sp³-hybridized carbons (Fsp3) is 0.143. The van der Waals surface area contributed by atoms with Gasteiger partial charge in [-0.25, -0.2) is 0 Å². The first-order valence-corrected chi connectivity index (χ1v) is 5.20. The van der Waals surface area contributed by atoms with Crippen LogP contribution in [0.1, 0.15) is 11.1 Å². The number of hydrogen-bond acceptors (Lipinski definition) is 2. The standard InChI is InChI=1S/C14H14O2/c1-10-2-5-13(8-14(10)16)12-6-3-11(9-15)4-7-12/h2-8,15-16H,9H2,1H3. The minimum Gasteiger partial charge on any atom is -0.508 e. The lowest BCUT2D eigenvalue weighted by Crippen LogP contribution is -1.84. The van der Waals surface area contributed by atoms with Crippen LogP contribution in [0.25, 0.3) is 11.1 Å². The van der Waals surface area contributed by atoms with Gasteiger partial charge in [-0.1, -0.05) is 36.4 Å². The summed E-state index contributed by atoms with van der Waals surface area (Å²) in [5.41, 5.74) is 3.77. The van der Waals surface area contributed by atoms with E-state index in [1.54, 1.807) is 6.07 Å². The molecular formula is C14H14O2. The predicted octanol–water partition coefficient (Wildman–Crippen LogP) is 2.86. The van der Waals surface area contributed by atoms with Crippen molar-refractivity contribution in [2.75, 3.05) is 0 Å². The van der Waals surface area contributed by atoms with Gasteiger partial charge in [0.05, 0.1) is 6.61 Å². The van der Waals surface area contributed by atoms with Crippen LogP contribution in [0.15, 0.2) is 42.5 Å². The van der Waals surface area contributed by atoms with E-state index in [1.807, 2.05) is 43.3 Å². The van der Waals surface area contributed by atoms with Gasteiger partial charge in [0, 0.05) is 0 Å². The molecule has 0 aliphatic carbocycles. The van der Waals surface area contributed by atoms with E-state index >= 15 is 0 Å². The van der Waals surface area contributed by atoms with Crippen molar-refractivity contribution in [3.8, 4) is 16.9 Å². The van der Waals surface area contributed by atoms with Crippen molar-refractivity contribution in [3.63, 3.8) is 0 Å². The maximum atomic E-state index is 9.62. The van der Waals surface area contributed by atoms with Crippen molar-refractivity contribution in [3.05, 3.63) is 53.6 Å². The fourth-order valence-corrected chi connectivity index (χ4v) is 1.59. The van der Waals surface area contributed by atoms with Gasteiger partial charge in [0.15, 0.2) is 0 Å². The number of aliphatic hydroxyl groups excluding tert-OH is 1. The molecule has 0 saturated carbocycles. The molecule has 2 aromatic rings. The average molecular weight is 214 g/mol. The highest BCUT2D eigenvalue weighted by Gasteiger charge is 2.01. The Kier molecular flexibility index (Phi) is 2.93. The lowest BCUT2D eigenvalue weighted by molar-refractivity contribution is 0.282. The van der Waals surface area contributed by atoms with Crippen LogP contribution in [0, 0.1) is 6.92 Å². The lowest BCUT2D eigenvalue weighted by Gasteiger charge is -2.05. The number of phenolic OH excluding ortho intramolecular Hbond substituents is 1. The Hall–Kier alpha value is -1.80. The Bertz CT molecular complexity index is 487. The minimum atomic E-state index is 0.0550. The Morgan fingerprint density at radius 3 is 2.12 bits per heavy atom. The zero-order valence-corrected chi connectivity index (χ0v) is 9.14. The molecule has 2 aromatic carbocycles. The van der Waals surface area contributed by atoms with Crippen LogP contribution in [-0.4, -0.2) is 10.2 Å². The molecule has 0 aliphatic rings. The molecule has 0 saturated heterocycles. The van der Waals surface area contributed by atoms with E-state index in [0.717, 1.165) is 22.3 Å². The van der Waals surface area contributed by atoms with Crippen LogP contribution in [0.3, 0.4) is 0 Å². The Morgan fingerprint density at radius 1 is 0.938 bits per heavy atom. The van der Waals surface area contributed by atoms with E-state index in [4.69, 9.17) is 5.11 Å². The molecule has 0 atom stereocenters. The molecule has 0 heterocycles. The number of aryl methyl sites for hydroxylation is 1. The summed E-state index contributed by atoms with van der Waals surface area (Å²) in [7, 11) is 0. The van der Waals surface area contributed by atoms with Gasteiger partial charge in [0.2, 0.25) is 0 Å². The number of rotatable bonds is 2. The summed E-state index contributed by atoms with van der Waals surface area (Å²) < 4.78 is 0. The fourth-order valence-electron chi connectivity index (χ4n) is 1.59. The highest BCUT2D eigenvalue weighted by atomic mass is 16.3. The zero-order chi connectivity index (χ0) is 11.5. The van der Waals surface area contributed by atoms with Crippen molar-refractivity contribution in [2.24, 2.45) is 0 Å². The van der Waals surface area contributed by atoms with Crippen LogP contribution in [0.4, 0.5) is 0 Å². The molecule has 2 N–H and O–H groups in total. The van der Waals surface area contributed by atoms with Crippen LogP contribution in [0.2, 0.25) is 0 Å². The van der Waals surface area contributed by atoms with E-state index in [-0.39, 0.29) is 6.61 Å². The van der Waals surface area contributed by atoms with Crippen molar-refractivity contribution >= 4 is 0 Å². The molecule has 0 bridgehead atoms. The van der Waals surface area contributed by atoms with Gasteiger partial charge in [0.25, 0.3) is 0 Å². The van der Waals surface area contributed by atoms with Crippen LogP contribution < -0.4 is 0 Å². The summed E-state index contributed by atoms with van der Waals surface area (Å²) in [5, 5.41) is 18.6. The lowest BCUT2D eigenvalue weighted by atomic mass is 10.0. The van der Waals surface area contributed by atoms with Gasteiger partial charge in [-0.05, 0) is 35.2 Å². The zero-order valence-electron chi connectivity index (χ0n) is 9.14. The second-order valence-electron chi connectivity index (χ2n) is 3.86. The molecule has 2 nitrogen and oxygen atoms in total. The molecule has 2 heteroatoms. The third-order valence-corrected chi connectivity index (χ3v) is 2.68. The maximum absolute atomic E-state index is 9.62. The minimum absolute atomic E-state index is 0.0550. The van der Waals surface area contributed by atoms with Gasteiger partial charge in [0.1, 0.15) is 5.75 Å². The Labute approximate surface area is 94.8 Å². The van der Waals surface area contributed by atoms with Crippen molar-refractivity contribution in [1.82, 2.24) is 0 Å². The summed E-state index contributed by atoms with van der Waals surface area (Å²) in [5.74, 6) is 0.309.